The standard InChI is InChI=1S/C16H18N4O2/c1-4-7-19-8-5-13-11(15(19)21)10-12-14(17-13)6-9-20(16(12)22)18(2)3/h5-6,8-10H,4,7H2,1-3H3. The molecule has 0 aliphatic carbocycles. The molecule has 114 valence electrons. The normalized spacial score (nSPS) is 11.2. The van der Waals surface area contributed by atoms with Crippen molar-refractivity contribution in [3.8, 4) is 0 Å². The first-order valence-electron chi connectivity index (χ1n) is 7.26. The summed E-state index contributed by atoms with van der Waals surface area (Å²) in [5.74, 6) is 0. The maximum absolute atomic E-state index is 12.5. The van der Waals surface area contributed by atoms with Crippen LogP contribution in [0.2, 0.25) is 0 Å². The molecule has 0 spiro atoms. The van der Waals surface area contributed by atoms with Crippen molar-refractivity contribution in [2.45, 2.75) is 19.9 Å². The average molecular weight is 298 g/mol. The van der Waals surface area contributed by atoms with Gasteiger partial charge < -0.3 is 9.58 Å². The highest BCUT2D eigenvalue weighted by Crippen LogP contribution is 2.14. The maximum Gasteiger partial charge on any atom is 0.278 e. The molecule has 3 aromatic rings. The zero-order valence-corrected chi connectivity index (χ0v) is 12.9. The van der Waals surface area contributed by atoms with Gasteiger partial charge in [0.1, 0.15) is 0 Å². The molecule has 0 atom stereocenters. The number of aromatic nitrogens is 3. The van der Waals surface area contributed by atoms with Crippen LogP contribution in [0.3, 0.4) is 0 Å². The molecular weight excluding hydrogens is 280 g/mol. The molecule has 0 radical (unpaired) electrons. The fraction of sp³-hybridized carbons (Fsp3) is 0.312. The van der Waals surface area contributed by atoms with Crippen LogP contribution in [0.4, 0.5) is 0 Å². The SMILES string of the molecule is CCCn1ccc2nc3ccn(N(C)C)c(=O)c3cc2c1=O. The van der Waals surface area contributed by atoms with Crippen LogP contribution >= 0.6 is 0 Å². The number of hydrogen-bond donors (Lipinski definition) is 0. The number of nitrogens with zero attached hydrogens (tertiary/aromatic N) is 4. The predicted molar refractivity (Wildman–Crippen MR) is 88.1 cm³/mol. The van der Waals surface area contributed by atoms with Crippen LogP contribution in [0.15, 0.2) is 40.2 Å². The van der Waals surface area contributed by atoms with Crippen molar-refractivity contribution >= 4 is 21.8 Å². The van der Waals surface area contributed by atoms with Gasteiger partial charge in [-0.25, -0.2) is 9.66 Å². The highest BCUT2D eigenvalue weighted by molar-refractivity contribution is 5.91. The van der Waals surface area contributed by atoms with Gasteiger partial charge in [0.25, 0.3) is 11.1 Å². The third-order valence-electron chi connectivity index (χ3n) is 3.69. The lowest BCUT2D eigenvalue weighted by molar-refractivity contribution is 0.659. The molecule has 6 heteroatoms. The third kappa shape index (κ3) is 2.16. The van der Waals surface area contributed by atoms with Gasteiger partial charge in [-0.1, -0.05) is 6.92 Å². The van der Waals surface area contributed by atoms with Gasteiger partial charge >= 0.3 is 0 Å². The third-order valence-corrected chi connectivity index (χ3v) is 3.69. The number of rotatable bonds is 3. The molecule has 0 N–H and O–H groups in total. The maximum atomic E-state index is 12.5. The second-order valence-corrected chi connectivity index (χ2v) is 5.48. The largest absolute Gasteiger partial charge is 0.316 e. The molecule has 3 rings (SSSR count). The fourth-order valence-corrected chi connectivity index (χ4v) is 2.59. The summed E-state index contributed by atoms with van der Waals surface area (Å²) in [6.45, 7) is 2.68. The minimum absolute atomic E-state index is 0.103. The topological polar surface area (TPSA) is 60.1 Å². The van der Waals surface area contributed by atoms with Crippen molar-refractivity contribution in [3.63, 3.8) is 0 Å². The summed E-state index contributed by atoms with van der Waals surface area (Å²) < 4.78 is 3.15. The Labute approximate surface area is 127 Å². The summed E-state index contributed by atoms with van der Waals surface area (Å²) in [7, 11) is 3.58. The molecule has 0 saturated carbocycles. The van der Waals surface area contributed by atoms with Gasteiger partial charge in [-0.05, 0) is 24.6 Å². The Morgan fingerprint density at radius 3 is 2.32 bits per heavy atom. The Morgan fingerprint density at radius 2 is 1.68 bits per heavy atom. The minimum atomic E-state index is -0.179. The van der Waals surface area contributed by atoms with E-state index in [4.69, 9.17) is 0 Å². The van der Waals surface area contributed by atoms with Crippen LogP contribution < -0.4 is 16.1 Å². The van der Waals surface area contributed by atoms with Gasteiger partial charge in [0.15, 0.2) is 0 Å². The lowest BCUT2D eigenvalue weighted by Crippen LogP contribution is -2.35. The zero-order chi connectivity index (χ0) is 15.9. The van der Waals surface area contributed by atoms with Gasteiger partial charge in [-0.3, -0.25) is 9.59 Å². The second-order valence-electron chi connectivity index (χ2n) is 5.48. The van der Waals surface area contributed by atoms with E-state index < -0.39 is 0 Å². The van der Waals surface area contributed by atoms with Crippen molar-refractivity contribution in [1.29, 1.82) is 0 Å². The van der Waals surface area contributed by atoms with Crippen LogP contribution in [0.25, 0.3) is 21.8 Å². The smallest absolute Gasteiger partial charge is 0.278 e. The van der Waals surface area contributed by atoms with Gasteiger partial charge in [0, 0.05) is 33.0 Å². The van der Waals surface area contributed by atoms with Crippen LogP contribution in [0.1, 0.15) is 13.3 Å². The molecule has 0 amide bonds. The number of hydrogen-bond acceptors (Lipinski definition) is 4. The average Bonchev–Trinajstić information content (AvgIpc) is 2.49. The fourth-order valence-electron chi connectivity index (χ4n) is 2.59. The first-order valence-corrected chi connectivity index (χ1v) is 7.26. The Balaban J connectivity index is 2.38. The van der Waals surface area contributed by atoms with E-state index in [-0.39, 0.29) is 11.1 Å². The van der Waals surface area contributed by atoms with E-state index in [0.29, 0.717) is 28.4 Å². The van der Waals surface area contributed by atoms with Crippen molar-refractivity contribution in [1.82, 2.24) is 14.2 Å². The van der Waals surface area contributed by atoms with Crippen LogP contribution in [0.5, 0.6) is 0 Å². The Kier molecular flexibility index (Phi) is 3.44. The molecule has 0 bridgehead atoms. The molecule has 6 nitrogen and oxygen atoms in total. The molecule has 0 fully saturated rings. The number of pyridine rings is 3. The highest BCUT2D eigenvalue weighted by Gasteiger charge is 2.10. The molecule has 0 saturated heterocycles. The van der Waals surface area contributed by atoms with E-state index in [2.05, 4.69) is 4.98 Å². The lowest BCUT2D eigenvalue weighted by Gasteiger charge is -2.16. The van der Waals surface area contributed by atoms with Crippen LogP contribution in [-0.4, -0.2) is 28.3 Å². The Hall–Kier alpha value is -2.63. The summed E-state index contributed by atoms with van der Waals surface area (Å²) in [6.07, 6.45) is 4.32. The van der Waals surface area contributed by atoms with Gasteiger partial charge in [-0.15, -0.1) is 0 Å². The summed E-state index contributed by atoms with van der Waals surface area (Å²) in [5, 5.41) is 2.62. The molecule has 0 aliphatic heterocycles. The summed E-state index contributed by atoms with van der Waals surface area (Å²) in [6, 6.07) is 5.27. The van der Waals surface area contributed by atoms with Crippen molar-refractivity contribution in [3.05, 3.63) is 51.3 Å². The van der Waals surface area contributed by atoms with E-state index >= 15 is 0 Å². The minimum Gasteiger partial charge on any atom is -0.316 e. The van der Waals surface area contributed by atoms with Crippen molar-refractivity contribution in [2.75, 3.05) is 19.1 Å². The molecule has 3 aromatic heterocycles. The zero-order valence-electron chi connectivity index (χ0n) is 12.9. The van der Waals surface area contributed by atoms with E-state index in [9.17, 15) is 9.59 Å². The van der Waals surface area contributed by atoms with Crippen molar-refractivity contribution in [2.24, 2.45) is 0 Å². The van der Waals surface area contributed by atoms with Gasteiger partial charge in [-0.2, -0.15) is 0 Å². The van der Waals surface area contributed by atoms with Gasteiger partial charge in [0.2, 0.25) is 0 Å². The van der Waals surface area contributed by atoms with E-state index in [1.165, 1.54) is 4.68 Å². The van der Waals surface area contributed by atoms with E-state index in [1.54, 1.807) is 48.2 Å². The molecule has 0 aromatic carbocycles. The predicted octanol–water partition coefficient (Wildman–Crippen LogP) is 1.32. The summed E-state index contributed by atoms with van der Waals surface area (Å²) in [4.78, 5) is 29.5. The Morgan fingerprint density at radius 1 is 1.05 bits per heavy atom. The molecular formula is C16H18N4O2. The number of fused-ring (bicyclic) bond motifs is 2. The molecule has 0 aliphatic rings. The van der Waals surface area contributed by atoms with Gasteiger partial charge in [0.05, 0.1) is 21.8 Å². The second kappa shape index (κ2) is 5.29. The van der Waals surface area contributed by atoms with Crippen LogP contribution in [0, 0.1) is 0 Å². The molecule has 22 heavy (non-hydrogen) atoms. The summed E-state index contributed by atoms with van der Waals surface area (Å²) >= 11 is 0. The van der Waals surface area contributed by atoms with Crippen LogP contribution in [-0.2, 0) is 6.54 Å². The van der Waals surface area contributed by atoms with E-state index in [0.717, 1.165) is 6.42 Å². The lowest BCUT2D eigenvalue weighted by atomic mass is 10.2. The first-order chi connectivity index (χ1) is 10.5. The highest BCUT2D eigenvalue weighted by atomic mass is 16.1. The number of aryl methyl sites for hydroxylation is 1. The Bertz CT molecular complexity index is 969. The van der Waals surface area contributed by atoms with E-state index in [1.807, 2.05) is 13.0 Å². The monoisotopic (exact) mass is 298 g/mol. The quantitative estimate of drug-likeness (QED) is 0.684. The molecule has 3 heterocycles. The first kappa shape index (κ1) is 14.3. The summed E-state index contributed by atoms with van der Waals surface area (Å²) in [5.41, 5.74) is 0.936. The molecule has 0 unspecified atom stereocenters. The van der Waals surface area contributed by atoms with Crippen molar-refractivity contribution < 1.29 is 0 Å².